The lowest BCUT2D eigenvalue weighted by Gasteiger charge is -2.26. The van der Waals surface area contributed by atoms with Crippen molar-refractivity contribution in [1.82, 2.24) is 15.6 Å². The van der Waals surface area contributed by atoms with Crippen molar-refractivity contribution in [2.75, 3.05) is 45.3 Å². The highest BCUT2D eigenvalue weighted by Crippen LogP contribution is 2.32. The molecule has 0 radical (unpaired) electrons. The number of morpholine rings is 1. The van der Waals surface area contributed by atoms with Crippen molar-refractivity contribution in [3.63, 3.8) is 0 Å². The highest BCUT2D eigenvalue weighted by atomic mass is 19.1. The molecule has 176 valence electrons. The van der Waals surface area contributed by atoms with Crippen molar-refractivity contribution < 1.29 is 27.4 Å². The fourth-order valence-corrected chi connectivity index (χ4v) is 3.85. The molecule has 2 fully saturated rings. The summed E-state index contributed by atoms with van der Waals surface area (Å²) in [5.41, 5.74) is 0.187. The van der Waals surface area contributed by atoms with Crippen LogP contribution in [0.2, 0.25) is 0 Å². The van der Waals surface area contributed by atoms with Crippen molar-refractivity contribution in [1.29, 1.82) is 0 Å². The number of carbonyl (C=O) groups is 1. The molecule has 8 nitrogen and oxygen atoms in total. The predicted molar refractivity (Wildman–Crippen MR) is 116 cm³/mol. The van der Waals surface area contributed by atoms with Crippen LogP contribution in [0.4, 0.5) is 23.7 Å². The number of methoxy groups -OCH3 is 1. The average molecular weight is 463 g/mol. The van der Waals surface area contributed by atoms with Gasteiger partial charge in [0.15, 0.2) is 0 Å². The number of rotatable bonds is 5. The molecular weight excluding hydrogens is 439 g/mol. The minimum absolute atomic E-state index is 0.0560. The molecule has 0 spiro atoms. The van der Waals surface area contributed by atoms with Gasteiger partial charge in [0.1, 0.15) is 29.0 Å². The number of amidine groups is 1. The Kier molecular flexibility index (Phi) is 6.87. The molecule has 0 unspecified atom stereocenters. The average Bonchev–Trinajstić information content (AvgIpc) is 3.17. The van der Waals surface area contributed by atoms with Crippen molar-refractivity contribution in [3.05, 3.63) is 59.4 Å². The zero-order chi connectivity index (χ0) is 23.4. The molecule has 2 aliphatic rings. The lowest BCUT2D eigenvalue weighted by atomic mass is 9.92. The number of hydrogen-bond donors (Lipinski definition) is 3. The first-order valence-corrected chi connectivity index (χ1v) is 10.5. The van der Waals surface area contributed by atoms with Crippen molar-refractivity contribution in [3.8, 4) is 5.75 Å². The van der Waals surface area contributed by atoms with E-state index in [0.717, 1.165) is 12.1 Å². The van der Waals surface area contributed by atoms with Crippen molar-refractivity contribution in [2.24, 2.45) is 5.10 Å². The minimum atomic E-state index is -0.842. The van der Waals surface area contributed by atoms with Crippen LogP contribution in [0.1, 0.15) is 11.5 Å². The molecule has 2 aliphatic heterocycles. The third-order valence-electron chi connectivity index (χ3n) is 5.48. The maximum Gasteiger partial charge on any atom is 0.319 e. The fourth-order valence-electron chi connectivity index (χ4n) is 3.85. The standard InChI is InChI=1S/C22H24F3N5O3/c1-32-15-10-17(24)19(18(25)11-15)16-12-26-21(29-30-6-8-33-9-7-30)20(16)28-22(31)27-14-4-2-13(23)3-5-14/h2-5,10-11,16,20H,6-9,12H2,1H3,(H,26,29)(H2,27,28,31)/t16-,20-/m0/s1. The Hall–Kier alpha value is -3.47. The Morgan fingerprint density at radius 3 is 2.45 bits per heavy atom. The Morgan fingerprint density at radius 2 is 1.82 bits per heavy atom. The van der Waals surface area contributed by atoms with E-state index in [1.54, 1.807) is 5.01 Å². The Labute approximate surface area is 188 Å². The number of hydrazone groups is 1. The second-order valence-electron chi connectivity index (χ2n) is 7.63. The van der Waals surface area contributed by atoms with Crippen molar-refractivity contribution >= 4 is 17.6 Å². The first kappa shape index (κ1) is 22.7. The monoisotopic (exact) mass is 463 g/mol. The van der Waals surface area contributed by atoms with E-state index in [9.17, 15) is 18.0 Å². The number of ether oxygens (including phenoxy) is 2. The summed E-state index contributed by atoms with van der Waals surface area (Å²) in [6.07, 6.45) is 0. The SMILES string of the molecule is COc1cc(F)c([C@@H]2CN/C(=N\N3CCOCC3)[C@H]2NC(=O)Nc2ccc(F)cc2)c(F)c1. The summed E-state index contributed by atoms with van der Waals surface area (Å²) in [5.74, 6) is -2.33. The summed E-state index contributed by atoms with van der Waals surface area (Å²) in [4.78, 5) is 12.7. The Morgan fingerprint density at radius 1 is 1.15 bits per heavy atom. The van der Waals surface area contributed by atoms with Crippen molar-refractivity contribution in [2.45, 2.75) is 12.0 Å². The summed E-state index contributed by atoms with van der Waals surface area (Å²) in [6, 6.07) is 5.98. The molecule has 2 saturated heterocycles. The molecule has 4 rings (SSSR count). The van der Waals surface area contributed by atoms with Gasteiger partial charge >= 0.3 is 6.03 Å². The van der Waals surface area contributed by atoms with E-state index < -0.39 is 35.4 Å². The number of halogens is 3. The number of urea groups is 1. The van der Waals surface area contributed by atoms with Crippen LogP contribution < -0.4 is 20.7 Å². The topological polar surface area (TPSA) is 87.2 Å². The normalized spacial score (nSPS) is 21.6. The van der Waals surface area contributed by atoms with E-state index in [2.05, 4.69) is 21.1 Å². The Bertz CT molecular complexity index is 1010. The van der Waals surface area contributed by atoms with E-state index in [1.165, 1.54) is 31.4 Å². The lowest BCUT2D eigenvalue weighted by Crippen LogP contribution is -2.46. The van der Waals surface area contributed by atoms with Gasteiger partial charge in [0, 0.05) is 35.8 Å². The minimum Gasteiger partial charge on any atom is -0.497 e. The van der Waals surface area contributed by atoms with E-state index >= 15 is 0 Å². The molecule has 11 heteroatoms. The first-order valence-electron chi connectivity index (χ1n) is 10.5. The predicted octanol–water partition coefficient (Wildman–Crippen LogP) is 2.64. The number of benzene rings is 2. The van der Waals surface area contributed by atoms with Gasteiger partial charge in [-0.25, -0.2) is 18.0 Å². The van der Waals surface area contributed by atoms with Crippen LogP contribution in [0.3, 0.4) is 0 Å². The summed E-state index contributed by atoms with van der Waals surface area (Å²) in [6.45, 7) is 2.27. The van der Waals surface area contributed by atoms with E-state index in [4.69, 9.17) is 9.47 Å². The Balaban J connectivity index is 1.61. The van der Waals surface area contributed by atoms with Crippen LogP contribution in [-0.2, 0) is 4.74 Å². The third-order valence-corrected chi connectivity index (χ3v) is 5.48. The van der Waals surface area contributed by atoms with Gasteiger partial charge in [-0.15, -0.1) is 0 Å². The number of nitrogens with one attached hydrogen (secondary N) is 3. The smallest absolute Gasteiger partial charge is 0.319 e. The van der Waals surface area contributed by atoms with Crippen LogP contribution in [0.5, 0.6) is 5.75 Å². The summed E-state index contributed by atoms with van der Waals surface area (Å²) >= 11 is 0. The van der Waals surface area contributed by atoms with Gasteiger partial charge in [-0.05, 0) is 24.3 Å². The van der Waals surface area contributed by atoms with Crippen LogP contribution in [0.15, 0.2) is 41.5 Å². The van der Waals surface area contributed by atoms with Crippen LogP contribution in [0, 0.1) is 17.5 Å². The number of amides is 2. The lowest BCUT2D eigenvalue weighted by molar-refractivity contribution is 0.0390. The second-order valence-corrected chi connectivity index (χ2v) is 7.63. The van der Waals surface area contributed by atoms with Gasteiger partial charge in [-0.1, -0.05) is 0 Å². The third kappa shape index (κ3) is 5.30. The summed E-state index contributed by atoms with van der Waals surface area (Å²) in [7, 11) is 1.32. The largest absolute Gasteiger partial charge is 0.497 e. The number of anilines is 1. The van der Waals surface area contributed by atoms with Gasteiger partial charge < -0.3 is 25.4 Å². The molecule has 2 aromatic carbocycles. The number of hydrogen-bond acceptors (Lipinski definition) is 5. The molecule has 0 aromatic heterocycles. The molecule has 2 atom stereocenters. The van der Waals surface area contributed by atoms with Crippen LogP contribution >= 0.6 is 0 Å². The molecule has 0 aliphatic carbocycles. The zero-order valence-electron chi connectivity index (χ0n) is 17.9. The van der Waals surface area contributed by atoms with E-state index in [-0.39, 0.29) is 17.9 Å². The molecule has 3 N–H and O–H groups in total. The molecular formula is C22H24F3N5O3. The maximum absolute atomic E-state index is 14.9. The van der Waals surface area contributed by atoms with Gasteiger partial charge in [-0.2, -0.15) is 5.10 Å². The van der Waals surface area contributed by atoms with Gasteiger partial charge in [0.25, 0.3) is 0 Å². The zero-order valence-corrected chi connectivity index (χ0v) is 17.9. The summed E-state index contributed by atoms with van der Waals surface area (Å²) < 4.78 is 53.1. The van der Waals surface area contributed by atoms with Gasteiger partial charge in [0.05, 0.1) is 39.5 Å². The summed E-state index contributed by atoms with van der Waals surface area (Å²) in [5, 5.41) is 14.8. The molecule has 0 bridgehead atoms. The highest BCUT2D eigenvalue weighted by molar-refractivity contribution is 5.97. The van der Waals surface area contributed by atoms with Gasteiger partial charge in [-0.3, -0.25) is 5.01 Å². The number of carbonyl (C=O) groups excluding carboxylic acids is 1. The van der Waals surface area contributed by atoms with Gasteiger partial charge in [0.2, 0.25) is 0 Å². The highest BCUT2D eigenvalue weighted by Gasteiger charge is 2.39. The molecule has 2 amide bonds. The molecule has 2 aromatic rings. The van der Waals surface area contributed by atoms with E-state index in [1.807, 2.05) is 0 Å². The molecule has 0 saturated carbocycles. The van der Waals surface area contributed by atoms with Crippen LogP contribution in [0.25, 0.3) is 0 Å². The van der Waals surface area contributed by atoms with Crippen LogP contribution in [-0.4, -0.2) is 62.9 Å². The second kappa shape index (κ2) is 9.99. The van der Waals surface area contributed by atoms with E-state index in [0.29, 0.717) is 37.8 Å². The quantitative estimate of drug-likeness (QED) is 0.635. The maximum atomic E-state index is 14.9. The number of nitrogens with zero attached hydrogens (tertiary/aromatic N) is 2. The molecule has 2 heterocycles. The first-order chi connectivity index (χ1) is 15.9. The molecule has 33 heavy (non-hydrogen) atoms. The fraction of sp³-hybridized carbons (Fsp3) is 0.364.